The number of para-hydroxylation sites is 1. The van der Waals surface area contributed by atoms with Crippen molar-refractivity contribution in [1.29, 1.82) is 0 Å². The largest absolute Gasteiger partial charge is 0.395 e. The van der Waals surface area contributed by atoms with Crippen LogP contribution in [0.15, 0.2) is 41.4 Å². The number of anilines is 2. The molecular weight excluding hydrogens is 259 g/mol. The van der Waals surface area contributed by atoms with Gasteiger partial charge in [0.15, 0.2) is 5.82 Å². The Morgan fingerprint density at radius 1 is 1.22 bits per heavy atom. The Balaban J connectivity index is 2.41. The van der Waals surface area contributed by atoms with Crippen molar-refractivity contribution in [2.45, 2.75) is 4.90 Å². The van der Waals surface area contributed by atoms with E-state index in [0.29, 0.717) is 0 Å². The predicted octanol–water partition coefficient (Wildman–Crippen LogP) is 0.999. The average molecular weight is 268 g/mol. The van der Waals surface area contributed by atoms with Gasteiger partial charge < -0.3 is 5.73 Å². The van der Waals surface area contributed by atoms with Crippen molar-refractivity contribution >= 4 is 21.5 Å². The molecule has 0 bridgehead atoms. The summed E-state index contributed by atoms with van der Waals surface area (Å²) in [7, 11) is -3.98. The third kappa shape index (κ3) is 2.38. The zero-order valence-corrected chi connectivity index (χ0v) is 9.86. The molecule has 2 rings (SSSR count). The van der Waals surface area contributed by atoms with Gasteiger partial charge in [0.25, 0.3) is 10.0 Å². The van der Waals surface area contributed by atoms with E-state index in [0.717, 1.165) is 6.07 Å². The number of rotatable bonds is 3. The van der Waals surface area contributed by atoms with E-state index in [2.05, 4.69) is 14.9 Å². The molecular formula is C10H9FN4O2S. The van der Waals surface area contributed by atoms with Crippen molar-refractivity contribution in [2.24, 2.45) is 0 Å². The molecule has 6 nitrogen and oxygen atoms in total. The van der Waals surface area contributed by atoms with Gasteiger partial charge in [0.1, 0.15) is 10.7 Å². The van der Waals surface area contributed by atoms with E-state index >= 15 is 0 Å². The van der Waals surface area contributed by atoms with Crippen LogP contribution in [0.2, 0.25) is 0 Å². The lowest BCUT2D eigenvalue weighted by Crippen LogP contribution is -2.16. The number of benzene rings is 1. The molecule has 0 spiro atoms. The van der Waals surface area contributed by atoms with E-state index in [1.54, 1.807) is 0 Å². The molecule has 0 aliphatic rings. The Hall–Kier alpha value is -2.22. The fourth-order valence-corrected chi connectivity index (χ4v) is 2.44. The number of nitrogen functional groups attached to an aromatic ring is 1. The van der Waals surface area contributed by atoms with E-state index < -0.39 is 21.5 Å². The van der Waals surface area contributed by atoms with Gasteiger partial charge in [0.05, 0.1) is 5.69 Å². The number of hydrogen-bond acceptors (Lipinski definition) is 5. The number of hydrogen-bond donors (Lipinski definition) is 2. The van der Waals surface area contributed by atoms with E-state index in [1.165, 1.54) is 30.5 Å². The highest BCUT2D eigenvalue weighted by molar-refractivity contribution is 7.92. The summed E-state index contributed by atoms with van der Waals surface area (Å²) in [6.45, 7) is 0. The van der Waals surface area contributed by atoms with Crippen LogP contribution in [-0.2, 0) is 10.0 Å². The maximum atomic E-state index is 13.2. The Kier molecular flexibility index (Phi) is 3.11. The second-order valence-corrected chi connectivity index (χ2v) is 5.02. The van der Waals surface area contributed by atoms with Crippen LogP contribution in [0.1, 0.15) is 0 Å². The maximum absolute atomic E-state index is 13.2. The smallest absolute Gasteiger partial charge is 0.265 e. The molecule has 0 amide bonds. The van der Waals surface area contributed by atoms with Gasteiger partial charge in [0, 0.05) is 6.20 Å². The summed E-state index contributed by atoms with van der Waals surface area (Å²) >= 11 is 0. The van der Waals surface area contributed by atoms with Gasteiger partial charge >= 0.3 is 0 Å². The van der Waals surface area contributed by atoms with Crippen LogP contribution in [0.25, 0.3) is 0 Å². The minimum absolute atomic E-state index is 0.0289. The molecule has 1 heterocycles. The number of nitrogens with zero attached hydrogens (tertiary/aromatic N) is 2. The van der Waals surface area contributed by atoms with Gasteiger partial charge in [-0.2, -0.15) is 5.10 Å². The minimum atomic E-state index is -3.98. The average Bonchev–Trinajstić information content (AvgIpc) is 2.33. The zero-order valence-electron chi connectivity index (χ0n) is 9.04. The summed E-state index contributed by atoms with van der Waals surface area (Å²) < 4.78 is 39.3. The first-order chi connectivity index (χ1) is 8.50. The van der Waals surface area contributed by atoms with Crippen LogP contribution >= 0.6 is 0 Å². The van der Waals surface area contributed by atoms with Crippen molar-refractivity contribution < 1.29 is 12.8 Å². The van der Waals surface area contributed by atoms with E-state index in [4.69, 9.17) is 5.73 Å². The molecule has 1 aromatic carbocycles. The molecule has 3 N–H and O–H groups in total. The monoisotopic (exact) mass is 268 g/mol. The fraction of sp³-hybridized carbons (Fsp3) is 0. The molecule has 0 aliphatic heterocycles. The topological polar surface area (TPSA) is 98.0 Å². The highest BCUT2D eigenvalue weighted by Gasteiger charge is 2.19. The summed E-state index contributed by atoms with van der Waals surface area (Å²) in [6.07, 6.45) is 1.40. The second kappa shape index (κ2) is 4.57. The number of nitrogens with two attached hydrogens (primary N) is 1. The van der Waals surface area contributed by atoms with Crippen LogP contribution in [-0.4, -0.2) is 18.6 Å². The lowest BCUT2D eigenvalue weighted by molar-refractivity contribution is 0.597. The Morgan fingerprint density at radius 3 is 2.67 bits per heavy atom. The molecule has 0 atom stereocenters. The van der Waals surface area contributed by atoms with Gasteiger partial charge in [-0.05, 0) is 24.3 Å². The van der Waals surface area contributed by atoms with E-state index in [1.807, 2.05) is 0 Å². The van der Waals surface area contributed by atoms with Gasteiger partial charge in [-0.25, -0.2) is 12.8 Å². The quantitative estimate of drug-likeness (QED) is 0.809. The molecule has 0 radical (unpaired) electrons. The van der Waals surface area contributed by atoms with Gasteiger partial charge in [-0.1, -0.05) is 6.07 Å². The lowest BCUT2D eigenvalue weighted by Gasteiger charge is -2.09. The first kappa shape index (κ1) is 12.2. The number of aromatic nitrogens is 2. The van der Waals surface area contributed by atoms with Crippen molar-refractivity contribution in [1.82, 2.24) is 10.2 Å². The summed E-state index contributed by atoms with van der Waals surface area (Å²) in [5, 5.41) is 7.09. The van der Waals surface area contributed by atoms with Crippen LogP contribution < -0.4 is 10.5 Å². The lowest BCUT2D eigenvalue weighted by atomic mass is 10.3. The van der Waals surface area contributed by atoms with E-state index in [9.17, 15) is 12.8 Å². The molecule has 0 saturated carbocycles. The minimum Gasteiger partial charge on any atom is -0.395 e. The van der Waals surface area contributed by atoms with Crippen LogP contribution in [0.4, 0.5) is 15.9 Å². The summed E-state index contributed by atoms with van der Waals surface area (Å²) in [5.74, 6) is -0.766. The summed E-state index contributed by atoms with van der Waals surface area (Å²) in [4.78, 5) is -0.340. The van der Waals surface area contributed by atoms with Crippen LogP contribution in [0.3, 0.4) is 0 Å². The molecule has 18 heavy (non-hydrogen) atoms. The normalized spacial score (nSPS) is 11.2. The number of nitrogens with one attached hydrogen (secondary N) is 1. The SMILES string of the molecule is Nc1c(F)cccc1S(=O)(=O)Nc1cccnn1. The first-order valence-electron chi connectivity index (χ1n) is 4.85. The van der Waals surface area contributed by atoms with Crippen LogP contribution in [0.5, 0.6) is 0 Å². The maximum Gasteiger partial charge on any atom is 0.265 e. The Labute approximate surface area is 103 Å². The van der Waals surface area contributed by atoms with Crippen molar-refractivity contribution in [3.63, 3.8) is 0 Å². The van der Waals surface area contributed by atoms with Crippen molar-refractivity contribution in [3.05, 3.63) is 42.3 Å². The van der Waals surface area contributed by atoms with Crippen LogP contribution in [0, 0.1) is 5.82 Å². The Morgan fingerprint density at radius 2 is 2.00 bits per heavy atom. The summed E-state index contributed by atoms with van der Waals surface area (Å²) in [6, 6.07) is 6.48. The van der Waals surface area contributed by atoms with E-state index in [-0.39, 0.29) is 10.7 Å². The molecule has 2 aromatic rings. The third-order valence-electron chi connectivity index (χ3n) is 2.11. The third-order valence-corrected chi connectivity index (χ3v) is 3.53. The van der Waals surface area contributed by atoms with Gasteiger partial charge in [-0.15, -0.1) is 5.10 Å². The molecule has 8 heteroatoms. The second-order valence-electron chi connectivity index (χ2n) is 3.37. The predicted molar refractivity (Wildman–Crippen MR) is 63.7 cm³/mol. The molecule has 94 valence electrons. The first-order valence-corrected chi connectivity index (χ1v) is 6.33. The Bertz CT molecular complexity index is 661. The molecule has 1 aromatic heterocycles. The van der Waals surface area contributed by atoms with Gasteiger partial charge in [0.2, 0.25) is 0 Å². The zero-order chi connectivity index (χ0) is 13.2. The summed E-state index contributed by atoms with van der Waals surface area (Å²) in [5.41, 5.74) is 4.96. The van der Waals surface area contributed by atoms with Gasteiger partial charge in [-0.3, -0.25) is 4.72 Å². The number of halogens is 1. The highest BCUT2D eigenvalue weighted by Crippen LogP contribution is 2.22. The van der Waals surface area contributed by atoms with Crippen molar-refractivity contribution in [2.75, 3.05) is 10.5 Å². The number of sulfonamides is 1. The molecule has 0 fully saturated rings. The highest BCUT2D eigenvalue weighted by atomic mass is 32.2. The molecule has 0 unspecified atom stereocenters. The van der Waals surface area contributed by atoms with Crippen molar-refractivity contribution in [3.8, 4) is 0 Å². The molecule has 0 saturated heterocycles. The molecule has 0 aliphatic carbocycles. The standard InChI is InChI=1S/C10H9FN4O2S/c11-7-3-1-4-8(10(7)12)18(16,17)15-9-5-2-6-13-14-9/h1-6H,12H2,(H,14,15). The fourth-order valence-electron chi connectivity index (χ4n) is 1.30.